The molecule has 0 aliphatic rings. The summed E-state index contributed by atoms with van der Waals surface area (Å²) < 4.78 is 32.6. The van der Waals surface area contributed by atoms with E-state index < -0.39 is 28.0 Å². The Balaban J connectivity index is 3.80. The van der Waals surface area contributed by atoms with Crippen LogP contribution in [0.1, 0.15) is 245 Å². The summed E-state index contributed by atoms with van der Waals surface area (Å²) in [6.45, 7) is 4.54. The fourth-order valence-electron chi connectivity index (χ4n) is 7.15. The molecule has 0 aliphatic heterocycles. The third-order valence-corrected chi connectivity index (χ3v) is 11.4. The minimum Gasteiger partial charge on any atom is -0.387 e. The second-order valence-electron chi connectivity index (χ2n) is 16.0. The zero-order chi connectivity index (χ0) is 38.9. The minimum absolute atomic E-state index is 0.276. The molecule has 6 nitrogen and oxygen atoms in total. The van der Waals surface area contributed by atoms with Crippen LogP contribution < -0.4 is 5.32 Å². The van der Waals surface area contributed by atoms with Gasteiger partial charge in [0.1, 0.15) is 0 Å². The molecule has 0 saturated carbocycles. The lowest BCUT2D eigenvalue weighted by molar-refractivity contribution is -0.122. The first-order valence-electron chi connectivity index (χ1n) is 23.0. The molecule has 0 spiro atoms. The van der Waals surface area contributed by atoms with Gasteiger partial charge in [-0.15, -0.1) is 0 Å². The number of aliphatic hydroxyl groups is 1. The molecule has 0 fully saturated rings. The lowest BCUT2D eigenvalue weighted by Gasteiger charge is -2.21. The van der Waals surface area contributed by atoms with Crippen LogP contribution in [0.3, 0.4) is 0 Å². The van der Waals surface area contributed by atoms with Crippen LogP contribution in [-0.2, 0) is 14.9 Å². The maximum Gasteiger partial charge on any atom is 0.267 e. The van der Waals surface area contributed by atoms with Gasteiger partial charge in [-0.3, -0.25) is 9.35 Å². The second-order valence-corrected chi connectivity index (χ2v) is 17.5. The van der Waals surface area contributed by atoms with Gasteiger partial charge in [0.05, 0.1) is 17.9 Å². The summed E-state index contributed by atoms with van der Waals surface area (Å²) >= 11 is 0. The Bertz CT molecular complexity index is 934. The SMILES string of the molecule is CCCCCCCCCC/C=C\CCCCCCCCCCCCCC(=O)NC(CS(=O)(=O)O)C(O)/C=C/CCCCCCCCCCCCCCC. The van der Waals surface area contributed by atoms with E-state index in [1.165, 1.54) is 186 Å². The lowest BCUT2D eigenvalue weighted by atomic mass is 10.0. The number of amides is 1. The van der Waals surface area contributed by atoms with E-state index in [1.54, 1.807) is 6.08 Å². The highest BCUT2D eigenvalue weighted by atomic mass is 32.2. The van der Waals surface area contributed by atoms with Crippen LogP contribution in [0, 0.1) is 0 Å². The van der Waals surface area contributed by atoms with Gasteiger partial charge < -0.3 is 10.4 Å². The first-order valence-corrected chi connectivity index (χ1v) is 24.6. The van der Waals surface area contributed by atoms with E-state index in [0.29, 0.717) is 6.42 Å². The third-order valence-electron chi connectivity index (χ3n) is 10.6. The summed E-state index contributed by atoms with van der Waals surface area (Å²) in [5.74, 6) is -0.971. The highest BCUT2D eigenvalue weighted by Gasteiger charge is 2.24. The molecule has 0 heterocycles. The van der Waals surface area contributed by atoms with Crippen molar-refractivity contribution < 1.29 is 22.9 Å². The molecule has 0 saturated heterocycles. The molecule has 314 valence electrons. The van der Waals surface area contributed by atoms with Gasteiger partial charge in [0.2, 0.25) is 5.91 Å². The predicted octanol–water partition coefficient (Wildman–Crippen LogP) is 13.9. The van der Waals surface area contributed by atoms with E-state index in [1.807, 2.05) is 6.08 Å². The van der Waals surface area contributed by atoms with E-state index >= 15 is 0 Å². The van der Waals surface area contributed by atoms with E-state index in [0.717, 1.165) is 38.5 Å². The van der Waals surface area contributed by atoms with Gasteiger partial charge in [-0.05, 0) is 44.9 Å². The van der Waals surface area contributed by atoms with Crippen molar-refractivity contribution >= 4 is 16.0 Å². The summed E-state index contributed by atoms with van der Waals surface area (Å²) in [4.78, 5) is 12.5. The van der Waals surface area contributed by atoms with E-state index in [4.69, 9.17) is 0 Å². The first kappa shape index (κ1) is 51.8. The summed E-state index contributed by atoms with van der Waals surface area (Å²) in [6, 6.07) is -1.05. The number of allylic oxidation sites excluding steroid dienone is 3. The molecule has 7 heteroatoms. The van der Waals surface area contributed by atoms with Crippen LogP contribution in [0.5, 0.6) is 0 Å². The molecular weight excluding hydrogens is 679 g/mol. The third kappa shape index (κ3) is 41.8. The first-order chi connectivity index (χ1) is 25.8. The Hall–Kier alpha value is -1.18. The van der Waals surface area contributed by atoms with Crippen molar-refractivity contribution in [3.05, 3.63) is 24.3 Å². The number of nitrogens with one attached hydrogen (secondary N) is 1. The van der Waals surface area contributed by atoms with Crippen LogP contribution >= 0.6 is 0 Å². The summed E-state index contributed by atoms with van der Waals surface area (Å²) in [6.07, 6.45) is 51.7. The van der Waals surface area contributed by atoms with Gasteiger partial charge in [0.25, 0.3) is 10.1 Å². The standard InChI is InChI=1S/C46H89NO5S/c1-3-5-7-9-11-13-15-17-19-20-21-22-23-24-25-26-28-30-32-34-36-38-40-42-46(49)47-44(43-53(50,51)52)45(48)41-39-37-35-33-31-29-27-18-16-14-12-10-8-6-4-2/h20-21,39,41,44-45,48H,3-19,22-38,40,42-43H2,1-2H3,(H,47,49)(H,50,51,52)/b21-20-,41-39+. The quantitative estimate of drug-likeness (QED) is 0.0326. The minimum atomic E-state index is -4.34. The highest BCUT2D eigenvalue weighted by molar-refractivity contribution is 7.85. The summed E-state index contributed by atoms with van der Waals surface area (Å²) in [5, 5.41) is 13.3. The van der Waals surface area contributed by atoms with E-state index in [2.05, 4.69) is 31.3 Å². The van der Waals surface area contributed by atoms with Crippen LogP contribution in [0.25, 0.3) is 0 Å². The summed E-state index contributed by atoms with van der Waals surface area (Å²) in [5.41, 5.74) is 0. The molecule has 0 aromatic carbocycles. The molecule has 1 amide bonds. The average molecular weight is 768 g/mol. The zero-order valence-electron chi connectivity index (χ0n) is 35.2. The van der Waals surface area contributed by atoms with Gasteiger partial charge in [-0.2, -0.15) is 8.42 Å². The molecular formula is C46H89NO5S. The van der Waals surface area contributed by atoms with Crippen molar-refractivity contribution in [2.75, 3.05) is 5.75 Å². The number of unbranched alkanes of at least 4 members (excludes halogenated alkanes) is 32. The van der Waals surface area contributed by atoms with Crippen molar-refractivity contribution in [2.45, 2.75) is 257 Å². The number of carbonyl (C=O) groups excluding carboxylic acids is 1. The van der Waals surface area contributed by atoms with Crippen molar-refractivity contribution in [1.82, 2.24) is 5.32 Å². The van der Waals surface area contributed by atoms with Crippen molar-refractivity contribution in [3.8, 4) is 0 Å². The second kappa shape index (κ2) is 40.5. The van der Waals surface area contributed by atoms with Crippen molar-refractivity contribution in [1.29, 1.82) is 0 Å². The maximum atomic E-state index is 12.5. The topological polar surface area (TPSA) is 104 Å². The molecule has 0 bridgehead atoms. The number of rotatable bonds is 42. The molecule has 0 aromatic rings. The van der Waals surface area contributed by atoms with Gasteiger partial charge in [-0.1, -0.05) is 218 Å². The highest BCUT2D eigenvalue weighted by Crippen LogP contribution is 2.15. The van der Waals surface area contributed by atoms with Crippen molar-refractivity contribution in [2.24, 2.45) is 0 Å². The molecule has 3 N–H and O–H groups in total. The van der Waals surface area contributed by atoms with Crippen molar-refractivity contribution in [3.63, 3.8) is 0 Å². The fourth-order valence-corrected chi connectivity index (χ4v) is 7.89. The Morgan fingerprint density at radius 3 is 1.13 bits per heavy atom. The lowest BCUT2D eigenvalue weighted by Crippen LogP contribution is -2.46. The molecule has 0 aliphatic carbocycles. The van der Waals surface area contributed by atoms with Gasteiger partial charge >= 0.3 is 0 Å². The molecule has 53 heavy (non-hydrogen) atoms. The molecule has 2 unspecified atom stereocenters. The molecule has 2 atom stereocenters. The monoisotopic (exact) mass is 768 g/mol. The molecule has 0 aromatic heterocycles. The largest absolute Gasteiger partial charge is 0.387 e. The maximum absolute atomic E-state index is 12.5. The number of hydrogen-bond donors (Lipinski definition) is 3. The smallest absolute Gasteiger partial charge is 0.267 e. The average Bonchev–Trinajstić information content (AvgIpc) is 3.12. The number of hydrogen-bond acceptors (Lipinski definition) is 4. The predicted molar refractivity (Wildman–Crippen MR) is 230 cm³/mol. The normalized spacial score (nSPS) is 13.4. The van der Waals surface area contributed by atoms with Crippen LogP contribution in [0.15, 0.2) is 24.3 Å². The fraction of sp³-hybridized carbons (Fsp3) is 0.891. The molecule has 0 rings (SSSR count). The van der Waals surface area contributed by atoms with Crippen LogP contribution in [0.4, 0.5) is 0 Å². The Kier molecular flexibility index (Phi) is 39.6. The Morgan fingerprint density at radius 1 is 0.491 bits per heavy atom. The van der Waals surface area contributed by atoms with E-state index in [9.17, 15) is 22.9 Å². The van der Waals surface area contributed by atoms with E-state index in [-0.39, 0.29) is 5.91 Å². The summed E-state index contributed by atoms with van der Waals surface area (Å²) in [7, 11) is -4.34. The number of aliphatic hydroxyl groups excluding tert-OH is 1. The van der Waals surface area contributed by atoms with Crippen LogP contribution in [-0.4, -0.2) is 41.9 Å². The zero-order valence-corrected chi connectivity index (χ0v) is 36.0. The van der Waals surface area contributed by atoms with Crippen LogP contribution in [0.2, 0.25) is 0 Å². The number of carbonyl (C=O) groups is 1. The van der Waals surface area contributed by atoms with Gasteiger partial charge in [-0.25, -0.2) is 0 Å². The van der Waals surface area contributed by atoms with Gasteiger partial charge in [0, 0.05) is 6.42 Å². The molecule has 0 radical (unpaired) electrons. The Morgan fingerprint density at radius 2 is 0.792 bits per heavy atom. The van der Waals surface area contributed by atoms with Gasteiger partial charge in [0.15, 0.2) is 0 Å². The Labute approximate surface area is 330 Å².